The topological polar surface area (TPSA) is 113 Å². The third kappa shape index (κ3) is 5.60. The van der Waals surface area contributed by atoms with Crippen molar-refractivity contribution in [3.05, 3.63) is 35.4 Å². The number of rotatable bonds is 5. The Morgan fingerprint density at radius 1 is 1.12 bits per heavy atom. The molecule has 1 heterocycles. The second-order valence-corrected chi connectivity index (χ2v) is 5.82. The van der Waals surface area contributed by atoms with Crippen LogP contribution in [0.2, 0.25) is 0 Å². The first kappa shape index (κ1) is 21.7. The first-order valence-electron chi connectivity index (χ1n) is 8.20. The van der Waals surface area contributed by atoms with E-state index in [0.29, 0.717) is 39.2 Å². The highest BCUT2D eigenvalue weighted by atomic mass is 35.5. The van der Waals surface area contributed by atoms with Crippen LogP contribution in [0, 0.1) is 0 Å². The van der Waals surface area contributed by atoms with Crippen molar-refractivity contribution in [3.8, 4) is 0 Å². The molecule has 1 aliphatic heterocycles. The van der Waals surface area contributed by atoms with Crippen molar-refractivity contribution in [2.45, 2.75) is 19.4 Å². The lowest BCUT2D eigenvalue weighted by Gasteiger charge is -2.35. The van der Waals surface area contributed by atoms with E-state index in [1.54, 1.807) is 28.9 Å². The largest absolute Gasteiger partial charge is 0.478 e. The average molecular weight is 386 g/mol. The summed E-state index contributed by atoms with van der Waals surface area (Å²) in [5.74, 6) is -1.17. The molecule has 1 aromatic rings. The third-order valence-corrected chi connectivity index (χ3v) is 4.09. The smallest absolute Gasteiger partial charge is 0.409 e. The van der Waals surface area contributed by atoms with E-state index in [-0.39, 0.29) is 30.0 Å². The summed E-state index contributed by atoms with van der Waals surface area (Å²) < 4.78 is 4.95. The summed E-state index contributed by atoms with van der Waals surface area (Å²) in [4.78, 5) is 38.2. The van der Waals surface area contributed by atoms with Gasteiger partial charge in [0, 0.05) is 26.2 Å². The van der Waals surface area contributed by atoms with Crippen LogP contribution >= 0.6 is 12.4 Å². The van der Waals surface area contributed by atoms with Crippen LogP contribution in [-0.2, 0) is 16.0 Å². The lowest BCUT2D eigenvalue weighted by Crippen LogP contribution is -2.54. The molecular weight excluding hydrogens is 362 g/mol. The number of carboxylic acid groups (broad SMARTS) is 1. The first-order chi connectivity index (χ1) is 11.9. The number of halogens is 1. The van der Waals surface area contributed by atoms with E-state index in [0.717, 1.165) is 5.56 Å². The summed E-state index contributed by atoms with van der Waals surface area (Å²) in [5.41, 5.74) is 7.00. The number of nitrogens with zero attached hydrogens (tertiary/aromatic N) is 2. The summed E-state index contributed by atoms with van der Waals surface area (Å²) in [5, 5.41) is 8.89. The van der Waals surface area contributed by atoms with Gasteiger partial charge >= 0.3 is 12.1 Å². The normalized spacial score (nSPS) is 15.0. The molecule has 0 saturated carbocycles. The van der Waals surface area contributed by atoms with Gasteiger partial charge in [-0.2, -0.15) is 0 Å². The fourth-order valence-electron chi connectivity index (χ4n) is 2.68. The standard InChI is InChI=1S/C17H23N3O5.ClH/c1-2-25-17(24)20-9-7-19(8-10-20)15(21)14(18)11-12-3-5-13(6-4-12)16(22)23;/h3-6,14H,2,7-11,18H2,1H3,(H,22,23);1H/t14-;/m0./s1. The minimum atomic E-state index is -0.994. The van der Waals surface area contributed by atoms with Crippen LogP contribution in [0.3, 0.4) is 0 Å². The Labute approximate surface area is 158 Å². The van der Waals surface area contributed by atoms with Crippen LogP contribution < -0.4 is 5.73 Å². The van der Waals surface area contributed by atoms with Crippen molar-refractivity contribution in [1.29, 1.82) is 0 Å². The van der Waals surface area contributed by atoms with Crippen LogP contribution in [0.25, 0.3) is 0 Å². The Hall–Kier alpha value is -2.32. The lowest BCUT2D eigenvalue weighted by atomic mass is 10.0. The Bertz CT molecular complexity index is 630. The molecular formula is C17H24ClN3O5. The van der Waals surface area contributed by atoms with E-state index in [2.05, 4.69) is 0 Å². The molecule has 26 heavy (non-hydrogen) atoms. The summed E-state index contributed by atoms with van der Waals surface area (Å²) in [6.07, 6.45) is -0.0333. The molecule has 2 rings (SSSR count). The molecule has 1 atom stereocenters. The quantitative estimate of drug-likeness (QED) is 0.781. The zero-order valence-corrected chi connectivity index (χ0v) is 15.4. The highest BCUT2D eigenvalue weighted by Crippen LogP contribution is 2.10. The van der Waals surface area contributed by atoms with Crippen LogP contribution in [0.4, 0.5) is 4.79 Å². The van der Waals surface area contributed by atoms with Crippen molar-refractivity contribution in [3.63, 3.8) is 0 Å². The molecule has 0 aromatic heterocycles. The number of nitrogens with two attached hydrogens (primary N) is 1. The molecule has 0 unspecified atom stereocenters. The van der Waals surface area contributed by atoms with Gasteiger partial charge in [-0.05, 0) is 31.0 Å². The predicted octanol–water partition coefficient (Wildman–Crippen LogP) is 0.977. The maximum absolute atomic E-state index is 12.5. The van der Waals surface area contributed by atoms with Crippen LogP contribution in [0.1, 0.15) is 22.8 Å². The molecule has 0 aliphatic carbocycles. The third-order valence-electron chi connectivity index (χ3n) is 4.09. The van der Waals surface area contributed by atoms with Crippen molar-refractivity contribution < 1.29 is 24.2 Å². The molecule has 144 valence electrons. The molecule has 9 heteroatoms. The number of hydrogen-bond donors (Lipinski definition) is 2. The number of carbonyl (C=O) groups excluding carboxylic acids is 2. The van der Waals surface area contributed by atoms with Gasteiger partial charge in [-0.1, -0.05) is 12.1 Å². The Morgan fingerprint density at radius 2 is 1.65 bits per heavy atom. The summed E-state index contributed by atoms with van der Waals surface area (Å²) in [6.45, 7) is 3.75. The molecule has 2 amide bonds. The minimum Gasteiger partial charge on any atom is -0.478 e. The zero-order valence-electron chi connectivity index (χ0n) is 14.6. The molecule has 8 nitrogen and oxygen atoms in total. The van der Waals surface area contributed by atoms with E-state index >= 15 is 0 Å². The predicted molar refractivity (Wildman–Crippen MR) is 97.5 cm³/mol. The maximum Gasteiger partial charge on any atom is 0.409 e. The summed E-state index contributed by atoms with van der Waals surface area (Å²) in [7, 11) is 0. The summed E-state index contributed by atoms with van der Waals surface area (Å²) >= 11 is 0. The fourth-order valence-corrected chi connectivity index (χ4v) is 2.68. The second kappa shape index (κ2) is 9.98. The number of carboxylic acids is 1. The van der Waals surface area contributed by atoms with Crippen LogP contribution in [0.15, 0.2) is 24.3 Å². The minimum absolute atomic E-state index is 0. The van der Waals surface area contributed by atoms with Gasteiger partial charge in [0.15, 0.2) is 0 Å². The monoisotopic (exact) mass is 385 g/mol. The molecule has 1 saturated heterocycles. The molecule has 1 aliphatic rings. The molecule has 0 spiro atoms. The Kier molecular flexibility index (Phi) is 8.34. The lowest BCUT2D eigenvalue weighted by molar-refractivity contribution is -0.134. The number of aromatic carboxylic acids is 1. The van der Waals surface area contributed by atoms with E-state index in [1.807, 2.05) is 0 Å². The van der Waals surface area contributed by atoms with Crippen molar-refractivity contribution in [2.75, 3.05) is 32.8 Å². The van der Waals surface area contributed by atoms with Gasteiger partial charge in [0.1, 0.15) is 0 Å². The maximum atomic E-state index is 12.5. The number of piperazine rings is 1. The van der Waals surface area contributed by atoms with Crippen LogP contribution in [-0.4, -0.2) is 71.7 Å². The van der Waals surface area contributed by atoms with Gasteiger partial charge in [-0.25, -0.2) is 9.59 Å². The SMILES string of the molecule is CCOC(=O)N1CCN(C(=O)[C@@H](N)Cc2ccc(C(=O)O)cc2)CC1.Cl. The van der Waals surface area contributed by atoms with E-state index in [4.69, 9.17) is 15.6 Å². The zero-order chi connectivity index (χ0) is 18.4. The van der Waals surface area contributed by atoms with E-state index in [9.17, 15) is 14.4 Å². The molecule has 0 bridgehead atoms. The van der Waals surface area contributed by atoms with Crippen molar-refractivity contribution >= 4 is 30.4 Å². The Balaban J connectivity index is 0.00000338. The highest BCUT2D eigenvalue weighted by Gasteiger charge is 2.27. The Morgan fingerprint density at radius 3 is 2.15 bits per heavy atom. The van der Waals surface area contributed by atoms with E-state index < -0.39 is 12.0 Å². The fraction of sp³-hybridized carbons (Fsp3) is 0.471. The van der Waals surface area contributed by atoms with Gasteiger partial charge < -0.3 is 25.4 Å². The average Bonchev–Trinajstić information content (AvgIpc) is 2.61. The summed E-state index contributed by atoms with van der Waals surface area (Å²) in [6, 6.07) is 5.61. The molecule has 0 radical (unpaired) electrons. The number of hydrogen-bond acceptors (Lipinski definition) is 5. The van der Waals surface area contributed by atoms with Gasteiger partial charge in [0.2, 0.25) is 5.91 Å². The second-order valence-electron chi connectivity index (χ2n) is 5.82. The molecule has 3 N–H and O–H groups in total. The number of ether oxygens (including phenoxy) is 1. The van der Waals surface area contributed by atoms with Gasteiger partial charge in [0.05, 0.1) is 18.2 Å². The van der Waals surface area contributed by atoms with E-state index in [1.165, 1.54) is 12.1 Å². The molecule has 1 fully saturated rings. The van der Waals surface area contributed by atoms with Crippen LogP contribution in [0.5, 0.6) is 0 Å². The number of amides is 2. The van der Waals surface area contributed by atoms with Gasteiger partial charge in [-0.15, -0.1) is 12.4 Å². The number of carbonyl (C=O) groups is 3. The van der Waals surface area contributed by atoms with Gasteiger partial charge in [0.25, 0.3) is 0 Å². The highest BCUT2D eigenvalue weighted by molar-refractivity contribution is 5.87. The van der Waals surface area contributed by atoms with Crippen molar-refractivity contribution in [1.82, 2.24) is 9.80 Å². The van der Waals surface area contributed by atoms with Gasteiger partial charge in [-0.3, -0.25) is 4.79 Å². The van der Waals surface area contributed by atoms with Crippen molar-refractivity contribution in [2.24, 2.45) is 5.73 Å². The first-order valence-corrected chi connectivity index (χ1v) is 8.20. The molecule has 1 aromatic carbocycles. The number of benzene rings is 1.